The standard InChI is InChI=1S/C11H12Cl2N2O2/c1-5-4-17-10-8(14)6(12)3-7(13)9(10)15(2)11(5)16/h3,5H,4,14H2,1-2H3. The van der Waals surface area contributed by atoms with Crippen molar-refractivity contribution in [1.29, 1.82) is 0 Å². The number of anilines is 2. The third-order valence-electron chi connectivity index (χ3n) is 2.76. The number of amides is 1. The van der Waals surface area contributed by atoms with E-state index in [9.17, 15) is 4.79 Å². The molecule has 1 amide bonds. The van der Waals surface area contributed by atoms with Gasteiger partial charge in [0.2, 0.25) is 5.91 Å². The van der Waals surface area contributed by atoms with Crippen molar-refractivity contribution >= 4 is 40.5 Å². The van der Waals surface area contributed by atoms with E-state index in [0.717, 1.165) is 0 Å². The van der Waals surface area contributed by atoms with Crippen LogP contribution < -0.4 is 15.4 Å². The molecular weight excluding hydrogens is 263 g/mol. The molecule has 1 atom stereocenters. The summed E-state index contributed by atoms with van der Waals surface area (Å²) in [7, 11) is 1.64. The van der Waals surface area contributed by atoms with Crippen LogP contribution in [0.5, 0.6) is 5.75 Å². The summed E-state index contributed by atoms with van der Waals surface area (Å²) in [6, 6.07) is 1.51. The number of fused-ring (bicyclic) bond motifs is 1. The Labute approximate surface area is 109 Å². The Bertz CT molecular complexity index is 491. The van der Waals surface area contributed by atoms with Crippen LogP contribution in [0.4, 0.5) is 11.4 Å². The van der Waals surface area contributed by atoms with Gasteiger partial charge >= 0.3 is 0 Å². The highest BCUT2D eigenvalue weighted by atomic mass is 35.5. The zero-order valence-electron chi connectivity index (χ0n) is 9.46. The second-order valence-corrected chi connectivity index (χ2v) is 4.86. The number of nitrogens with two attached hydrogens (primary N) is 1. The van der Waals surface area contributed by atoms with Crippen LogP contribution in [0.3, 0.4) is 0 Å². The number of halogens is 2. The van der Waals surface area contributed by atoms with Crippen molar-refractivity contribution < 1.29 is 9.53 Å². The number of hydrogen-bond donors (Lipinski definition) is 1. The highest BCUT2D eigenvalue weighted by Gasteiger charge is 2.30. The molecule has 1 aliphatic rings. The molecule has 1 aromatic rings. The average Bonchev–Trinajstić information content (AvgIpc) is 2.39. The van der Waals surface area contributed by atoms with Crippen molar-refractivity contribution in [3.8, 4) is 5.75 Å². The quantitative estimate of drug-likeness (QED) is 0.740. The Balaban J connectivity index is 2.66. The summed E-state index contributed by atoms with van der Waals surface area (Å²) >= 11 is 12.0. The monoisotopic (exact) mass is 274 g/mol. The molecule has 1 aromatic carbocycles. The van der Waals surface area contributed by atoms with Gasteiger partial charge in [-0.05, 0) is 6.07 Å². The molecule has 1 aliphatic heterocycles. The minimum atomic E-state index is -0.248. The van der Waals surface area contributed by atoms with Gasteiger partial charge < -0.3 is 15.4 Å². The second kappa shape index (κ2) is 4.27. The van der Waals surface area contributed by atoms with Crippen LogP contribution in [0.2, 0.25) is 10.0 Å². The molecule has 17 heavy (non-hydrogen) atoms. The van der Waals surface area contributed by atoms with Gasteiger partial charge in [0.15, 0.2) is 5.75 Å². The van der Waals surface area contributed by atoms with Gasteiger partial charge in [0, 0.05) is 7.05 Å². The Morgan fingerprint density at radius 2 is 2.12 bits per heavy atom. The molecule has 0 saturated heterocycles. The third kappa shape index (κ3) is 1.91. The first-order chi connectivity index (χ1) is 7.93. The topological polar surface area (TPSA) is 55.6 Å². The van der Waals surface area contributed by atoms with Gasteiger partial charge in [-0.2, -0.15) is 0 Å². The Hall–Kier alpha value is -1.13. The lowest BCUT2D eigenvalue weighted by atomic mass is 10.1. The smallest absolute Gasteiger partial charge is 0.233 e. The van der Waals surface area contributed by atoms with Gasteiger partial charge in [-0.15, -0.1) is 0 Å². The summed E-state index contributed by atoms with van der Waals surface area (Å²) in [5, 5.41) is 0.674. The highest BCUT2D eigenvalue weighted by molar-refractivity contribution is 6.39. The molecule has 0 aliphatic carbocycles. The van der Waals surface area contributed by atoms with Crippen LogP contribution in [-0.2, 0) is 4.79 Å². The fraction of sp³-hybridized carbons (Fsp3) is 0.364. The lowest BCUT2D eigenvalue weighted by molar-refractivity contribution is -0.122. The number of rotatable bonds is 0. The Morgan fingerprint density at radius 3 is 2.76 bits per heavy atom. The van der Waals surface area contributed by atoms with Crippen molar-refractivity contribution in [3.63, 3.8) is 0 Å². The van der Waals surface area contributed by atoms with Crippen LogP contribution in [0.15, 0.2) is 6.07 Å². The van der Waals surface area contributed by atoms with Crippen LogP contribution in [0, 0.1) is 5.92 Å². The van der Waals surface area contributed by atoms with E-state index < -0.39 is 0 Å². The van der Waals surface area contributed by atoms with Gasteiger partial charge in [-0.25, -0.2) is 0 Å². The van der Waals surface area contributed by atoms with Gasteiger partial charge in [0.05, 0.1) is 28.3 Å². The Kier molecular flexibility index (Phi) is 3.10. The molecule has 0 radical (unpaired) electrons. The summed E-state index contributed by atoms with van der Waals surface area (Å²) in [5.41, 5.74) is 6.62. The summed E-state index contributed by atoms with van der Waals surface area (Å²) in [6.07, 6.45) is 0. The van der Waals surface area contributed by atoms with E-state index in [-0.39, 0.29) is 18.4 Å². The van der Waals surface area contributed by atoms with Crippen molar-refractivity contribution in [2.24, 2.45) is 5.92 Å². The molecule has 2 rings (SSSR count). The summed E-state index contributed by atoms with van der Waals surface area (Å²) < 4.78 is 5.54. The van der Waals surface area contributed by atoms with E-state index in [2.05, 4.69) is 0 Å². The van der Waals surface area contributed by atoms with E-state index in [1.807, 2.05) is 0 Å². The maximum absolute atomic E-state index is 12.0. The summed E-state index contributed by atoms with van der Waals surface area (Å²) in [5.74, 6) is 0.0664. The van der Waals surface area contributed by atoms with Crippen molar-refractivity contribution in [3.05, 3.63) is 16.1 Å². The van der Waals surface area contributed by atoms with E-state index >= 15 is 0 Å². The first-order valence-electron chi connectivity index (χ1n) is 5.11. The zero-order chi connectivity index (χ0) is 12.7. The van der Waals surface area contributed by atoms with Crippen molar-refractivity contribution in [2.45, 2.75) is 6.92 Å². The first kappa shape index (κ1) is 12.3. The minimum Gasteiger partial charge on any atom is -0.488 e. The molecular formula is C11H12Cl2N2O2. The van der Waals surface area contributed by atoms with Gasteiger partial charge in [-0.3, -0.25) is 4.79 Å². The molecule has 0 spiro atoms. The number of carbonyl (C=O) groups is 1. The van der Waals surface area contributed by atoms with Crippen LogP contribution in [0.1, 0.15) is 6.92 Å². The van der Waals surface area contributed by atoms with E-state index in [1.54, 1.807) is 14.0 Å². The van der Waals surface area contributed by atoms with Crippen LogP contribution in [0.25, 0.3) is 0 Å². The van der Waals surface area contributed by atoms with Crippen LogP contribution in [-0.4, -0.2) is 19.6 Å². The summed E-state index contributed by atoms with van der Waals surface area (Å²) in [4.78, 5) is 13.4. The molecule has 0 saturated carbocycles. The molecule has 0 bridgehead atoms. The molecule has 0 aromatic heterocycles. The molecule has 1 heterocycles. The molecule has 1 unspecified atom stereocenters. The van der Waals surface area contributed by atoms with Gasteiger partial charge in [0.1, 0.15) is 5.69 Å². The Morgan fingerprint density at radius 1 is 1.47 bits per heavy atom. The molecule has 6 heteroatoms. The maximum Gasteiger partial charge on any atom is 0.233 e. The number of benzene rings is 1. The average molecular weight is 275 g/mol. The number of nitrogens with zero attached hydrogens (tertiary/aromatic N) is 1. The van der Waals surface area contributed by atoms with Gasteiger partial charge in [0.25, 0.3) is 0 Å². The predicted molar refractivity (Wildman–Crippen MR) is 68.9 cm³/mol. The molecule has 2 N–H and O–H groups in total. The van der Waals surface area contributed by atoms with Crippen molar-refractivity contribution in [1.82, 2.24) is 0 Å². The number of nitrogen functional groups attached to an aromatic ring is 1. The predicted octanol–water partition coefficient (Wildman–Crippen LogP) is 2.57. The highest BCUT2D eigenvalue weighted by Crippen LogP contribution is 2.45. The van der Waals surface area contributed by atoms with Crippen molar-refractivity contribution in [2.75, 3.05) is 24.3 Å². The van der Waals surface area contributed by atoms with E-state index in [1.165, 1.54) is 11.0 Å². The molecule has 4 nitrogen and oxygen atoms in total. The number of hydrogen-bond acceptors (Lipinski definition) is 3. The van der Waals surface area contributed by atoms with E-state index in [4.69, 9.17) is 33.7 Å². The first-order valence-corrected chi connectivity index (χ1v) is 5.87. The largest absolute Gasteiger partial charge is 0.488 e. The lowest BCUT2D eigenvalue weighted by Crippen LogP contribution is -2.31. The lowest BCUT2D eigenvalue weighted by Gasteiger charge is -2.20. The third-order valence-corrected chi connectivity index (χ3v) is 3.36. The van der Waals surface area contributed by atoms with E-state index in [0.29, 0.717) is 27.2 Å². The number of ether oxygens (including phenoxy) is 1. The van der Waals surface area contributed by atoms with Gasteiger partial charge in [-0.1, -0.05) is 30.1 Å². The minimum absolute atomic E-state index is 0.0626. The van der Waals surface area contributed by atoms with Crippen LogP contribution >= 0.6 is 23.2 Å². The molecule has 92 valence electrons. The zero-order valence-corrected chi connectivity index (χ0v) is 11.0. The second-order valence-electron chi connectivity index (χ2n) is 4.04. The fourth-order valence-electron chi connectivity index (χ4n) is 1.78. The summed E-state index contributed by atoms with van der Waals surface area (Å²) in [6.45, 7) is 2.05. The maximum atomic E-state index is 12.0. The SMILES string of the molecule is CC1COc2c(N)c(Cl)cc(Cl)c2N(C)C1=O. The molecule has 0 fully saturated rings. The fourth-order valence-corrected chi connectivity index (χ4v) is 2.35. The normalized spacial score (nSPS) is 19.6. The number of carbonyl (C=O) groups excluding carboxylic acids is 1.